The molecule has 0 atom stereocenters. The molecular weight excluding hydrogens is 282 g/mol. The van der Waals surface area contributed by atoms with E-state index in [1.807, 2.05) is 6.07 Å². The predicted molar refractivity (Wildman–Crippen MR) is 81.8 cm³/mol. The van der Waals surface area contributed by atoms with Gasteiger partial charge in [-0.05, 0) is 17.7 Å². The van der Waals surface area contributed by atoms with Crippen LogP contribution in [0.25, 0.3) is 6.08 Å². The van der Waals surface area contributed by atoms with Crippen molar-refractivity contribution in [3.8, 4) is 6.07 Å². The van der Waals surface area contributed by atoms with Crippen LogP contribution in [0.5, 0.6) is 0 Å². The first kappa shape index (κ1) is 14.9. The standard InChI is InChI=1S/C16H11N3O3/c17-11-13(10-12-6-2-1-3-7-12)16(20)18-14-8-4-5-9-15(14)19(21)22/h1-10H,(H,18,20)/b13-10+. The van der Waals surface area contributed by atoms with Crippen molar-refractivity contribution in [3.63, 3.8) is 0 Å². The Balaban J connectivity index is 2.27. The molecule has 2 aromatic carbocycles. The Morgan fingerprint density at radius 3 is 2.41 bits per heavy atom. The molecule has 0 aliphatic carbocycles. The molecule has 0 aliphatic heterocycles. The van der Waals surface area contributed by atoms with Crippen molar-refractivity contribution in [1.82, 2.24) is 0 Å². The normalized spacial score (nSPS) is 10.6. The topological polar surface area (TPSA) is 96.0 Å². The molecule has 0 unspecified atom stereocenters. The molecule has 0 saturated carbocycles. The number of nitro benzene ring substituents is 1. The molecule has 0 spiro atoms. The molecule has 0 saturated heterocycles. The molecular formula is C16H11N3O3. The predicted octanol–water partition coefficient (Wildman–Crippen LogP) is 3.14. The lowest BCUT2D eigenvalue weighted by Crippen LogP contribution is -2.14. The monoisotopic (exact) mass is 293 g/mol. The van der Waals surface area contributed by atoms with Crippen LogP contribution in [-0.2, 0) is 4.79 Å². The van der Waals surface area contributed by atoms with E-state index >= 15 is 0 Å². The number of nitrogens with one attached hydrogen (secondary N) is 1. The molecule has 0 aromatic heterocycles. The fourth-order valence-corrected chi connectivity index (χ4v) is 1.79. The fourth-order valence-electron chi connectivity index (χ4n) is 1.79. The summed E-state index contributed by atoms with van der Waals surface area (Å²) in [5.41, 5.74) is 0.376. The third kappa shape index (κ3) is 3.55. The van der Waals surface area contributed by atoms with Gasteiger partial charge in [-0.15, -0.1) is 0 Å². The second-order valence-corrected chi connectivity index (χ2v) is 4.31. The minimum absolute atomic E-state index is 0.0479. The van der Waals surface area contributed by atoms with E-state index in [-0.39, 0.29) is 16.9 Å². The van der Waals surface area contributed by atoms with Gasteiger partial charge in [-0.3, -0.25) is 14.9 Å². The summed E-state index contributed by atoms with van der Waals surface area (Å²) in [6.07, 6.45) is 1.42. The molecule has 0 bridgehead atoms. The zero-order chi connectivity index (χ0) is 15.9. The zero-order valence-electron chi connectivity index (χ0n) is 11.4. The number of benzene rings is 2. The summed E-state index contributed by atoms with van der Waals surface area (Å²) in [4.78, 5) is 22.4. The van der Waals surface area contributed by atoms with Gasteiger partial charge in [-0.2, -0.15) is 5.26 Å². The summed E-state index contributed by atoms with van der Waals surface area (Å²) in [6, 6.07) is 16.4. The van der Waals surface area contributed by atoms with Crippen molar-refractivity contribution in [2.24, 2.45) is 0 Å². The third-order valence-corrected chi connectivity index (χ3v) is 2.82. The molecule has 0 heterocycles. The SMILES string of the molecule is N#C/C(=C\c1ccccc1)C(=O)Nc1ccccc1[N+](=O)[O-]. The smallest absolute Gasteiger partial charge is 0.292 e. The number of carbonyl (C=O) groups is 1. The maximum Gasteiger partial charge on any atom is 0.292 e. The molecule has 2 aromatic rings. The Hall–Kier alpha value is -3.46. The average molecular weight is 293 g/mol. The van der Waals surface area contributed by atoms with Gasteiger partial charge in [-0.1, -0.05) is 42.5 Å². The van der Waals surface area contributed by atoms with Crippen LogP contribution in [-0.4, -0.2) is 10.8 Å². The lowest BCUT2D eigenvalue weighted by Gasteiger charge is -2.05. The van der Waals surface area contributed by atoms with Gasteiger partial charge >= 0.3 is 0 Å². The van der Waals surface area contributed by atoms with Gasteiger partial charge in [0, 0.05) is 6.07 Å². The Labute approximate surface area is 126 Å². The van der Waals surface area contributed by atoms with E-state index in [1.165, 1.54) is 24.3 Å². The largest absolute Gasteiger partial charge is 0.316 e. The van der Waals surface area contributed by atoms with Crippen LogP contribution in [0, 0.1) is 21.4 Å². The minimum Gasteiger partial charge on any atom is -0.316 e. The summed E-state index contributed by atoms with van der Waals surface area (Å²) < 4.78 is 0. The van der Waals surface area contributed by atoms with Crippen LogP contribution in [0.4, 0.5) is 11.4 Å². The van der Waals surface area contributed by atoms with Crippen LogP contribution in [0.3, 0.4) is 0 Å². The number of amides is 1. The Morgan fingerprint density at radius 2 is 1.77 bits per heavy atom. The van der Waals surface area contributed by atoms with Gasteiger partial charge in [0.2, 0.25) is 0 Å². The molecule has 108 valence electrons. The van der Waals surface area contributed by atoms with E-state index in [0.29, 0.717) is 5.56 Å². The van der Waals surface area contributed by atoms with Crippen LogP contribution in [0.1, 0.15) is 5.56 Å². The van der Waals surface area contributed by atoms with Crippen LogP contribution in [0.2, 0.25) is 0 Å². The number of para-hydroxylation sites is 2. The van der Waals surface area contributed by atoms with Crippen LogP contribution < -0.4 is 5.32 Å². The van der Waals surface area contributed by atoms with Gasteiger partial charge in [0.05, 0.1) is 4.92 Å². The first-order valence-corrected chi connectivity index (χ1v) is 6.33. The van der Waals surface area contributed by atoms with E-state index in [1.54, 1.807) is 36.4 Å². The number of rotatable bonds is 4. The molecule has 0 aliphatic rings. The van der Waals surface area contributed by atoms with Gasteiger partial charge < -0.3 is 5.32 Å². The van der Waals surface area contributed by atoms with Crippen molar-refractivity contribution >= 4 is 23.4 Å². The molecule has 0 fully saturated rings. The first-order chi connectivity index (χ1) is 10.6. The summed E-state index contributed by atoms with van der Waals surface area (Å²) >= 11 is 0. The van der Waals surface area contributed by atoms with Crippen molar-refractivity contribution < 1.29 is 9.72 Å². The Bertz CT molecular complexity index is 777. The van der Waals surface area contributed by atoms with Crippen molar-refractivity contribution in [1.29, 1.82) is 5.26 Å². The van der Waals surface area contributed by atoms with Gasteiger partial charge in [0.15, 0.2) is 0 Å². The maximum atomic E-state index is 12.1. The number of nitro groups is 1. The molecule has 2 rings (SSSR count). The highest BCUT2D eigenvalue weighted by molar-refractivity contribution is 6.10. The van der Waals surface area contributed by atoms with Gasteiger partial charge in [0.25, 0.3) is 11.6 Å². The molecule has 1 N–H and O–H groups in total. The molecule has 22 heavy (non-hydrogen) atoms. The number of hydrogen-bond acceptors (Lipinski definition) is 4. The molecule has 6 nitrogen and oxygen atoms in total. The van der Waals surface area contributed by atoms with E-state index in [0.717, 1.165) is 0 Å². The average Bonchev–Trinajstić information content (AvgIpc) is 2.53. The summed E-state index contributed by atoms with van der Waals surface area (Å²) in [5.74, 6) is -0.694. The first-order valence-electron chi connectivity index (χ1n) is 6.33. The summed E-state index contributed by atoms with van der Waals surface area (Å²) in [7, 11) is 0. The second kappa shape index (κ2) is 6.81. The highest BCUT2D eigenvalue weighted by Crippen LogP contribution is 2.23. The number of hydrogen-bond donors (Lipinski definition) is 1. The highest BCUT2D eigenvalue weighted by atomic mass is 16.6. The second-order valence-electron chi connectivity index (χ2n) is 4.31. The Morgan fingerprint density at radius 1 is 1.14 bits per heavy atom. The van der Waals surface area contributed by atoms with Gasteiger partial charge in [0.1, 0.15) is 17.3 Å². The molecule has 1 amide bonds. The van der Waals surface area contributed by atoms with Crippen LogP contribution in [0.15, 0.2) is 60.2 Å². The number of nitriles is 1. The quantitative estimate of drug-likeness (QED) is 0.405. The fraction of sp³-hybridized carbons (Fsp3) is 0. The third-order valence-electron chi connectivity index (χ3n) is 2.82. The van der Waals surface area contributed by atoms with E-state index < -0.39 is 10.8 Å². The lowest BCUT2D eigenvalue weighted by atomic mass is 10.1. The number of anilines is 1. The van der Waals surface area contributed by atoms with Crippen LogP contribution >= 0.6 is 0 Å². The number of nitrogens with zero attached hydrogens (tertiary/aromatic N) is 2. The molecule has 0 radical (unpaired) electrons. The minimum atomic E-state index is -0.694. The van der Waals surface area contributed by atoms with Crippen molar-refractivity contribution in [2.75, 3.05) is 5.32 Å². The molecule has 6 heteroatoms. The van der Waals surface area contributed by atoms with E-state index in [2.05, 4.69) is 5.32 Å². The highest BCUT2D eigenvalue weighted by Gasteiger charge is 2.17. The summed E-state index contributed by atoms with van der Waals surface area (Å²) in [5, 5.41) is 22.4. The van der Waals surface area contributed by atoms with Gasteiger partial charge in [-0.25, -0.2) is 0 Å². The number of carbonyl (C=O) groups excluding carboxylic acids is 1. The lowest BCUT2D eigenvalue weighted by molar-refractivity contribution is -0.383. The van der Waals surface area contributed by atoms with Crippen molar-refractivity contribution in [3.05, 3.63) is 75.8 Å². The maximum absolute atomic E-state index is 12.1. The van der Waals surface area contributed by atoms with E-state index in [4.69, 9.17) is 5.26 Å². The zero-order valence-corrected chi connectivity index (χ0v) is 11.4. The Kier molecular flexibility index (Phi) is 4.63. The van der Waals surface area contributed by atoms with E-state index in [9.17, 15) is 14.9 Å². The van der Waals surface area contributed by atoms with Crippen molar-refractivity contribution in [2.45, 2.75) is 0 Å². The summed E-state index contributed by atoms with van der Waals surface area (Å²) in [6.45, 7) is 0.